The summed E-state index contributed by atoms with van der Waals surface area (Å²) in [5.41, 5.74) is 0.243. The van der Waals surface area contributed by atoms with E-state index in [0.717, 1.165) is 0 Å². The average Bonchev–Trinajstić information content (AvgIpc) is 2.37. The molecule has 0 radical (unpaired) electrons. The van der Waals surface area contributed by atoms with E-state index in [0.29, 0.717) is 0 Å². The van der Waals surface area contributed by atoms with Gasteiger partial charge in [-0.1, -0.05) is 30.3 Å². The molecule has 0 aromatic heterocycles. The van der Waals surface area contributed by atoms with Gasteiger partial charge in [-0.25, -0.2) is 8.78 Å². The number of carbonyl (C=O) groups is 2. The zero-order valence-corrected chi connectivity index (χ0v) is 11.4. The van der Waals surface area contributed by atoms with Crippen LogP contribution in [-0.4, -0.2) is 50.5 Å². The van der Waals surface area contributed by atoms with Gasteiger partial charge in [0, 0.05) is 0 Å². The second-order valence-electron chi connectivity index (χ2n) is 4.79. The van der Waals surface area contributed by atoms with Crippen LogP contribution in [0, 0.1) is 0 Å². The minimum atomic E-state index is -2.84. The van der Waals surface area contributed by atoms with Crippen LogP contribution >= 0.6 is 0 Å². The second kappa shape index (κ2) is 6.67. The first-order valence-corrected chi connectivity index (χ1v) is 6.38. The molecule has 1 unspecified atom stereocenters. The molecule has 1 fully saturated rings. The van der Waals surface area contributed by atoms with Crippen molar-refractivity contribution in [1.82, 2.24) is 4.90 Å². The number of halogens is 2. The average molecular weight is 297 g/mol. The third-order valence-electron chi connectivity index (χ3n) is 3.04. The molecule has 1 atom stereocenters. The molecular weight excluding hydrogens is 283 g/mol. The van der Waals surface area contributed by atoms with E-state index in [2.05, 4.69) is 0 Å². The first-order valence-electron chi connectivity index (χ1n) is 6.38. The van der Waals surface area contributed by atoms with Crippen LogP contribution in [0.2, 0.25) is 0 Å². The molecule has 1 saturated heterocycles. The topological polar surface area (TPSA) is 55.8 Å². The molecule has 1 aliphatic heterocycles. The van der Waals surface area contributed by atoms with Crippen molar-refractivity contribution in [2.24, 2.45) is 0 Å². The Bertz CT molecular complexity index is 494. The molecule has 1 heterocycles. The fourth-order valence-electron chi connectivity index (χ4n) is 2.10. The van der Waals surface area contributed by atoms with E-state index in [-0.39, 0.29) is 18.7 Å². The molecule has 2 rings (SSSR count). The number of hydrogen-bond donors (Lipinski definition) is 0. The summed E-state index contributed by atoms with van der Waals surface area (Å²) in [7, 11) is -0.0916. The zero-order chi connectivity index (χ0) is 15.4. The van der Waals surface area contributed by atoms with Gasteiger partial charge in [0.25, 0.3) is 0 Å². The SMILES string of the molecule is CN1CC(=O)OB(C(c2ccccc2)C(F)F)OC(=O)C1. The van der Waals surface area contributed by atoms with Crippen molar-refractivity contribution in [3.05, 3.63) is 35.9 Å². The van der Waals surface area contributed by atoms with E-state index >= 15 is 0 Å². The van der Waals surface area contributed by atoms with E-state index in [1.54, 1.807) is 18.2 Å². The maximum Gasteiger partial charge on any atom is 0.612 e. The molecule has 5 nitrogen and oxygen atoms in total. The van der Waals surface area contributed by atoms with Crippen LogP contribution in [0.4, 0.5) is 8.78 Å². The second-order valence-corrected chi connectivity index (χ2v) is 4.79. The van der Waals surface area contributed by atoms with E-state index in [1.165, 1.54) is 24.1 Å². The maximum atomic E-state index is 13.3. The third kappa shape index (κ3) is 4.01. The lowest BCUT2D eigenvalue weighted by atomic mass is 9.67. The van der Waals surface area contributed by atoms with Gasteiger partial charge in [0.15, 0.2) is 0 Å². The number of alkyl halides is 2. The quantitative estimate of drug-likeness (QED) is 0.782. The standard InChI is InChI=1S/C13H14BF2NO4/c1-17-7-10(18)20-14(21-11(19)8-17)12(13(15)16)9-5-3-2-4-6-9/h2-6,12-13H,7-8H2,1H3. The molecule has 0 bridgehead atoms. The molecule has 1 aliphatic rings. The van der Waals surface area contributed by atoms with Gasteiger partial charge in [-0.05, 0) is 12.6 Å². The predicted octanol–water partition coefficient (Wildman–Crippen LogP) is 1.09. The van der Waals surface area contributed by atoms with Crippen molar-refractivity contribution in [2.45, 2.75) is 12.2 Å². The number of carbonyl (C=O) groups excluding carboxylic acids is 2. The van der Waals surface area contributed by atoms with Crippen molar-refractivity contribution < 1.29 is 27.7 Å². The Morgan fingerprint density at radius 3 is 2.10 bits per heavy atom. The van der Waals surface area contributed by atoms with Gasteiger partial charge in [-0.2, -0.15) is 0 Å². The van der Waals surface area contributed by atoms with Gasteiger partial charge in [0.1, 0.15) is 5.82 Å². The number of rotatable bonds is 3. The van der Waals surface area contributed by atoms with E-state index in [4.69, 9.17) is 9.31 Å². The third-order valence-corrected chi connectivity index (χ3v) is 3.04. The summed E-state index contributed by atoms with van der Waals surface area (Å²) >= 11 is 0. The monoisotopic (exact) mass is 297 g/mol. The first kappa shape index (κ1) is 15.4. The lowest BCUT2D eigenvalue weighted by molar-refractivity contribution is -0.146. The Balaban J connectivity index is 2.26. The first-order chi connectivity index (χ1) is 9.97. The Kier molecular flexibility index (Phi) is 4.90. The van der Waals surface area contributed by atoms with Crippen molar-refractivity contribution in [2.75, 3.05) is 20.1 Å². The fraction of sp³-hybridized carbons (Fsp3) is 0.385. The zero-order valence-electron chi connectivity index (χ0n) is 11.4. The van der Waals surface area contributed by atoms with Crippen LogP contribution in [-0.2, 0) is 18.9 Å². The minimum Gasteiger partial charge on any atom is -0.498 e. The molecule has 21 heavy (non-hydrogen) atoms. The normalized spacial score (nSPS) is 18.8. The number of likely N-dealkylation sites (N-methyl/N-ethyl adjacent to an activating group) is 1. The summed E-state index contributed by atoms with van der Waals surface area (Å²) in [5.74, 6) is -2.93. The van der Waals surface area contributed by atoms with Crippen molar-refractivity contribution in [3.63, 3.8) is 0 Å². The summed E-state index contributed by atoms with van der Waals surface area (Å²) in [6.07, 6.45) is -2.84. The molecule has 0 N–H and O–H groups in total. The molecule has 0 aliphatic carbocycles. The number of hydrogen-bond acceptors (Lipinski definition) is 5. The smallest absolute Gasteiger partial charge is 0.498 e. The summed E-state index contributed by atoms with van der Waals surface area (Å²) in [6, 6.07) is 7.81. The molecule has 112 valence electrons. The lowest BCUT2D eigenvalue weighted by Crippen LogP contribution is -2.46. The molecule has 0 spiro atoms. The summed E-state index contributed by atoms with van der Waals surface area (Å²) < 4.78 is 36.5. The molecule has 8 heteroatoms. The van der Waals surface area contributed by atoms with E-state index < -0.39 is 31.3 Å². The molecule has 1 aromatic rings. The maximum absolute atomic E-state index is 13.3. The van der Waals surface area contributed by atoms with E-state index in [1.807, 2.05) is 0 Å². The predicted molar refractivity (Wildman–Crippen MR) is 70.6 cm³/mol. The Labute approximate surface area is 121 Å². The largest absolute Gasteiger partial charge is 0.612 e. The van der Waals surface area contributed by atoms with Crippen molar-refractivity contribution >= 4 is 19.1 Å². The molecule has 1 aromatic carbocycles. The van der Waals surface area contributed by atoms with Gasteiger partial charge in [-0.3, -0.25) is 14.5 Å². The summed E-state index contributed by atoms with van der Waals surface area (Å²) in [5, 5.41) is 0. The fourth-order valence-corrected chi connectivity index (χ4v) is 2.10. The van der Waals surface area contributed by atoms with Gasteiger partial charge < -0.3 is 9.31 Å². The Hall–Kier alpha value is -1.96. The minimum absolute atomic E-state index is 0.156. The molecule has 0 amide bonds. The highest BCUT2D eigenvalue weighted by Gasteiger charge is 2.45. The highest BCUT2D eigenvalue weighted by atomic mass is 19.3. The molecule has 0 saturated carbocycles. The highest BCUT2D eigenvalue weighted by molar-refractivity contribution is 6.51. The number of nitrogens with zero attached hydrogens (tertiary/aromatic N) is 1. The van der Waals surface area contributed by atoms with Crippen LogP contribution in [0.1, 0.15) is 11.4 Å². The van der Waals surface area contributed by atoms with E-state index in [9.17, 15) is 18.4 Å². The van der Waals surface area contributed by atoms with Crippen molar-refractivity contribution in [1.29, 1.82) is 0 Å². The van der Waals surface area contributed by atoms with Crippen molar-refractivity contribution in [3.8, 4) is 0 Å². The van der Waals surface area contributed by atoms with Crippen LogP contribution < -0.4 is 0 Å². The van der Waals surface area contributed by atoms with Gasteiger partial charge in [-0.15, -0.1) is 0 Å². The van der Waals surface area contributed by atoms with Gasteiger partial charge in [0.2, 0.25) is 6.43 Å². The lowest BCUT2D eigenvalue weighted by Gasteiger charge is -2.26. The van der Waals surface area contributed by atoms with Gasteiger partial charge >= 0.3 is 19.1 Å². The van der Waals surface area contributed by atoms with Crippen LogP contribution in [0.15, 0.2) is 30.3 Å². The molecular formula is C13H14BF2NO4. The van der Waals surface area contributed by atoms with Crippen LogP contribution in [0.5, 0.6) is 0 Å². The Morgan fingerprint density at radius 2 is 1.62 bits per heavy atom. The summed E-state index contributed by atoms with van der Waals surface area (Å²) in [6.45, 7) is -0.313. The number of benzene rings is 1. The highest BCUT2D eigenvalue weighted by Crippen LogP contribution is 2.28. The summed E-state index contributed by atoms with van der Waals surface area (Å²) in [4.78, 5) is 24.6. The van der Waals surface area contributed by atoms with Crippen LogP contribution in [0.3, 0.4) is 0 Å². The Morgan fingerprint density at radius 1 is 1.10 bits per heavy atom. The van der Waals surface area contributed by atoms with Gasteiger partial charge in [0.05, 0.1) is 13.1 Å². The van der Waals surface area contributed by atoms with Crippen LogP contribution in [0.25, 0.3) is 0 Å².